The Balaban J connectivity index is 1.46. The molecule has 2 N–H and O–H groups in total. The summed E-state index contributed by atoms with van der Waals surface area (Å²) in [5.74, 6) is 2.02. The van der Waals surface area contributed by atoms with Crippen LogP contribution in [0.25, 0.3) is 10.9 Å². The van der Waals surface area contributed by atoms with Gasteiger partial charge in [-0.05, 0) is 54.3 Å². The Hall–Kier alpha value is -3.48. The number of fused-ring (bicyclic) bond motifs is 1. The van der Waals surface area contributed by atoms with Crippen molar-refractivity contribution < 1.29 is 19.0 Å². The highest BCUT2D eigenvalue weighted by Gasteiger charge is 2.07. The van der Waals surface area contributed by atoms with Gasteiger partial charge < -0.3 is 24.5 Å². The summed E-state index contributed by atoms with van der Waals surface area (Å²) in [6.07, 6.45) is 0.593. The van der Waals surface area contributed by atoms with E-state index in [0.29, 0.717) is 42.2 Å². The standard InChI is InChI=1S/C22H24N2O5/c1-27-17-6-8-18(9-7-17)29-12-11-23-21(25)10-4-16-13-15-3-5-19(28-2)14-20(15)24-22(16)26/h3,5-9,13-14H,4,10-12H2,1-2H3,(H,23,25)(H,24,26). The van der Waals surface area contributed by atoms with E-state index < -0.39 is 0 Å². The highest BCUT2D eigenvalue weighted by Crippen LogP contribution is 2.19. The molecule has 1 heterocycles. The average Bonchev–Trinajstić information content (AvgIpc) is 2.75. The van der Waals surface area contributed by atoms with E-state index in [1.807, 2.05) is 42.5 Å². The molecular weight excluding hydrogens is 372 g/mol. The Bertz CT molecular complexity index is 1030. The topological polar surface area (TPSA) is 89.7 Å². The minimum atomic E-state index is -0.193. The van der Waals surface area contributed by atoms with Crippen LogP contribution >= 0.6 is 0 Å². The predicted octanol–water partition coefficient (Wildman–Crippen LogP) is 2.67. The Morgan fingerprint density at radius 3 is 2.38 bits per heavy atom. The molecule has 0 bridgehead atoms. The summed E-state index contributed by atoms with van der Waals surface area (Å²) in [4.78, 5) is 27.1. The lowest BCUT2D eigenvalue weighted by Crippen LogP contribution is -2.28. The van der Waals surface area contributed by atoms with E-state index >= 15 is 0 Å². The van der Waals surface area contributed by atoms with Crippen LogP contribution in [0, 0.1) is 0 Å². The van der Waals surface area contributed by atoms with Crippen LogP contribution in [0.4, 0.5) is 0 Å². The maximum absolute atomic E-state index is 12.3. The number of hydrogen-bond donors (Lipinski definition) is 2. The number of nitrogens with one attached hydrogen (secondary N) is 2. The van der Waals surface area contributed by atoms with Crippen molar-refractivity contribution in [1.82, 2.24) is 10.3 Å². The van der Waals surface area contributed by atoms with Crippen LogP contribution in [0.15, 0.2) is 53.3 Å². The molecule has 0 spiro atoms. The smallest absolute Gasteiger partial charge is 0.251 e. The van der Waals surface area contributed by atoms with Gasteiger partial charge in [-0.3, -0.25) is 9.59 Å². The molecule has 0 saturated heterocycles. The van der Waals surface area contributed by atoms with Crippen molar-refractivity contribution in [2.75, 3.05) is 27.4 Å². The van der Waals surface area contributed by atoms with Gasteiger partial charge in [0.15, 0.2) is 0 Å². The molecule has 3 aromatic rings. The van der Waals surface area contributed by atoms with Gasteiger partial charge in [-0.15, -0.1) is 0 Å². The van der Waals surface area contributed by atoms with E-state index in [9.17, 15) is 9.59 Å². The van der Waals surface area contributed by atoms with Crippen LogP contribution in [0.2, 0.25) is 0 Å². The summed E-state index contributed by atoms with van der Waals surface area (Å²) in [6, 6.07) is 14.5. The monoisotopic (exact) mass is 396 g/mol. The second-order valence-corrected chi connectivity index (χ2v) is 6.45. The van der Waals surface area contributed by atoms with Crippen molar-refractivity contribution >= 4 is 16.8 Å². The molecule has 0 saturated carbocycles. The Kier molecular flexibility index (Phi) is 6.73. The van der Waals surface area contributed by atoms with E-state index in [-0.39, 0.29) is 17.9 Å². The second kappa shape index (κ2) is 9.64. The van der Waals surface area contributed by atoms with Crippen LogP contribution in [0.3, 0.4) is 0 Å². The van der Waals surface area contributed by atoms with Gasteiger partial charge in [0, 0.05) is 18.1 Å². The fraction of sp³-hybridized carbons (Fsp3) is 0.273. The van der Waals surface area contributed by atoms with Gasteiger partial charge >= 0.3 is 0 Å². The second-order valence-electron chi connectivity index (χ2n) is 6.45. The first kappa shape index (κ1) is 20.3. The lowest BCUT2D eigenvalue weighted by molar-refractivity contribution is -0.121. The number of ether oxygens (including phenoxy) is 3. The number of aromatic nitrogens is 1. The van der Waals surface area contributed by atoms with Crippen molar-refractivity contribution in [2.45, 2.75) is 12.8 Å². The Labute approximate surface area is 168 Å². The molecular formula is C22H24N2O5. The molecule has 1 aromatic heterocycles. The van der Waals surface area contributed by atoms with Crippen LogP contribution in [-0.2, 0) is 11.2 Å². The molecule has 3 rings (SSSR count). The van der Waals surface area contributed by atoms with Crippen molar-refractivity contribution in [2.24, 2.45) is 0 Å². The first-order valence-corrected chi connectivity index (χ1v) is 9.32. The van der Waals surface area contributed by atoms with E-state index in [4.69, 9.17) is 14.2 Å². The minimum absolute atomic E-state index is 0.127. The number of methoxy groups -OCH3 is 2. The molecule has 29 heavy (non-hydrogen) atoms. The number of H-pyrrole nitrogens is 1. The van der Waals surface area contributed by atoms with Crippen molar-refractivity contribution in [3.63, 3.8) is 0 Å². The third kappa shape index (κ3) is 5.51. The van der Waals surface area contributed by atoms with E-state index in [1.54, 1.807) is 20.3 Å². The summed E-state index contributed by atoms with van der Waals surface area (Å²) >= 11 is 0. The highest BCUT2D eigenvalue weighted by molar-refractivity contribution is 5.81. The van der Waals surface area contributed by atoms with Crippen molar-refractivity contribution in [3.8, 4) is 17.2 Å². The molecule has 1 amide bonds. The summed E-state index contributed by atoms with van der Waals surface area (Å²) in [5, 5.41) is 3.70. The maximum Gasteiger partial charge on any atom is 0.251 e. The van der Waals surface area contributed by atoms with Crippen molar-refractivity contribution in [1.29, 1.82) is 0 Å². The molecule has 0 fully saturated rings. The van der Waals surface area contributed by atoms with Gasteiger partial charge in [0.1, 0.15) is 23.9 Å². The first-order valence-electron chi connectivity index (χ1n) is 9.32. The molecule has 0 aliphatic rings. The zero-order valence-electron chi connectivity index (χ0n) is 16.5. The molecule has 0 atom stereocenters. The first-order chi connectivity index (χ1) is 14.1. The number of aromatic amines is 1. The molecule has 7 heteroatoms. The van der Waals surface area contributed by atoms with Crippen LogP contribution in [-0.4, -0.2) is 38.3 Å². The molecule has 2 aromatic carbocycles. The molecule has 0 aliphatic carbocycles. The fourth-order valence-corrected chi connectivity index (χ4v) is 2.91. The minimum Gasteiger partial charge on any atom is -0.497 e. The number of benzene rings is 2. The summed E-state index contributed by atoms with van der Waals surface area (Å²) in [6.45, 7) is 0.745. The quantitative estimate of drug-likeness (QED) is 0.543. The van der Waals surface area contributed by atoms with Gasteiger partial charge in [-0.1, -0.05) is 0 Å². The van der Waals surface area contributed by atoms with Crippen molar-refractivity contribution in [3.05, 3.63) is 64.4 Å². The zero-order chi connectivity index (χ0) is 20.6. The van der Waals surface area contributed by atoms with E-state index in [0.717, 1.165) is 11.1 Å². The lowest BCUT2D eigenvalue weighted by atomic mass is 10.1. The predicted molar refractivity (Wildman–Crippen MR) is 111 cm³/mol. The van der Waals surface area contributed by atoms with E-state index in [2.05, 4.69) is 10.3 Å². The van der Waals surface area contributed by atoms with Crippen LogP contribution in [0.5, 0.6) is 17.2 Å². The number of carbonyl (C=O) groups excluding carboxylic acids is 1. The third-order valence-electron chi connectivity index (χ3n) is 4.50. The normalized spacial score (nSPS) is 10.6. The van der Waals surface area contributed by atoms with E-state index in [1.165, 1.54) is 0 Å². The molecule has 152 valence electrons. The van der Waals surface area contributed by atoms with Gasteiger partial charge in [0.25, 0.3) is 5.56 Å². The highest BCUT2D eigenvalue weighted by atomic mass is 16.5. The Morgan fingerprint density at radius 1 is 0.966 bits per heavy atom. The van der Waals surface area contributed by atoms with Crippen LogP contribution < -0.4 is 25.1 Å². The lowest BCUT2D eigenvalue weighted by Gasteiger charge is -2.09. The van der Waals surface area contributed by atoms with Gasteiger partial charge in [0.05, 0.1) is 26.3 Å². The maximum atomic E-state index is 12.3. The molecule has 0 unspecified atom stereocenters. The number of amides is 1. The third-order valence-corrected chi connectivity index (χ3v) is 4.50. The largest absolute Gasteiger partial charge is 0.497 e. The van der Waals surface area contributed by atoms with Gasteiger partial charge in [-0.2, -0.15) is 0 Å². The number of carbonyl (C=O) groups is 1. The number of pyridine rings is 1. The number of aryl methyl sites for hydroxylation is 1. The number of rotatable bonds is 9. The zero-order valence-corrected chi connectivity index (χ0v) is 16.5. The fourth-order valence-electron chi connectivity index (χ4n) is 2.91. The summed E-state index contributed by atoms with van der Waals surface area (Å²) in [5.41, 5.74) is 1.09. The van der Waals surface area contributed by atoms with Crippen LogP contribution in [0.1, 0.15) is 12.0 Å². The summed E-state index contributed by atoms with van der Waals surface area (Å²) < 4.78 is 15.8. The summed E-state index contributed by atoms with van der Waals surface area (Å²) in [7, 11) is 3.18. The Morgan fingerprint density at radius 2 is 1.66 bits per heavy atom. The molecule has 7 nitrogen and oxygen atoms in total. The van der Waals surface area contributed by atoms with Gasteiger partial charge in [-0.25, -0.2) is 0 Å². The van der Waals surface area contributed by atoms with Gasteiger partial charge in [0.2, 0.25) is 5.91 Å². The molecule has 0 radical (unpaired) electrons. The SMILES string of the molecule is COc1ccc(OCCNC(=O)CCc2cc3ccc(OC)cc3[nH]c2=O)cc1. The molecule has 0 aliphatic heterocycles. The average molecular weight is 396 g/mol. The number of hydrogen-bond acceptors (Lipinski definition) is 5.